The summed E-state index contributed by atoms with van der Waals surface area (Å²) in [6.07, 6.45) is 12.8. The molecule has 0 saturated heterocycles. The van der Waals surface area contributed by atoms with E-state index in [9.17, 15) is 9.59 Å². The lowest BCUT2D eigenvalue weighted by atomic mass is 9.46. The minimum absolute atomic E-state index is 0.0743. The molecule has 29 heavy (non-hydrogen) atoms. The number of rotatable bonds is 3. The molecule has 0 heterocycles. The predicted octanol–water partition coefficient (Wildman–Crippen LogP) is 6.50. The van der Waals surface area contributed by atoms with E-state index in [0.29, 0.717) is 11.7 Å². The number of carbonyl (C=O) groups is 2. The van der Waals surface area contributed by atoms with E-state index in [1.165, 1.54) is 32.6 Å². The Morgan fingerprint density at radius 3 is 2.41 bits per heavy atom. The van der Waals surface area contributed by atoms with E-state index < -0.39 is 0 Å². The maximum absolute atomic E-state index is 12.4. The summed E-state index contributed by atoms with van der Waals surface area (Å²) in [7, 11) is 0. The van der Waals surface area contributed by atoms with Crippen molar-refractivity contribution in [1.82, 2.24) is 0 Å². The highest BCUT2D eigenvalue weighted by molar-refractivity contribution is 5.79. The van der Waals surface area contributed by atoms with Crippen LogP contribution in [0, 0.1) is 34.5 Å². The molecule has 0 amide bonds. The second-order valence-electron chi connectivity index (χ2n) is 10.1. The van der Waals surface area contributed by atoms with E-state index >= 15 is 0 Å². The van der Waals surface area contributed by atoms with Crippen LogP contribution >= 0.6 is 0 Å². The molecule has 0 aromatic heterocycles. The minimum Gasteiger partial charge on any atom is -0.462 e. The molecule has 0 aliphatic heterocycles. The van der Waals surface area contributed by atoms with E-state index in [2.05, 4.69) is 19.9 Å². The number of carbonyl (C=O) groups excluding carboxylic acids is 2. The van der Waals surface area contributed by atoms with Crippen LogP contribution in [0.15, 0.2) is 11.6 Å². The highest BCUT2D eigenvalue weighted by atomic mass is 16.5. The van der Waals surface area contributed by atoms with Gasteiger partial charge in [-0.2, -0.15) is 0 Å². The highest BCUT2D eigenvalue weighted by Gasteiger charge is 2.60. The van der Waals surface area contributed by atoms with Crippen LogP contribution in [-0.2, 0) is 14.3 Å². The third-order valence-electron chi connectivity index (χ3n) is 9.26. The first-order chi connectivity index (χ1) is 13.8. The van der Waals surface area contributed by atoms with E-state index in [1.807, 2.05) is 20.8 Å². The fourth-order valence-electron chi connectivity index (χ4n) is 8.07. The third-order valence-corrected chi connectivity index (χ3v) is 9.26. The number of hydrogen-bond acceptors (Lipinski definition) is 3. The molecular formula is C26H42O3. The Bertz CT molecular complexity index is 665. The molecule has 0 N–H and O–H groups in total. The lowest BCUT2D eigenvalue weighted by molar-refractivity contribution is -0.149. The molecule has 0 radical (unpaired) electrons. The van der Waals surface area contributed by atoms with Gasteiger partial charge in [-0.25, -0.2) is 0 Å². The van der Waals surface area contributed by atoms with Crippen LogP contribution < -0.4 is 0 Å². The minimum atomic E-state index is -0.149. The molecule has 0 aromatic rings. The summed E-state index contributed by atoms with van der Waals surface area (Å²) in [6, 6.07) is 0. The number of Topliss-reactive ketones (excluding diaryl/α,β-unsaturated/α-hetero) is 1. The first kappa shape index (κ1) is 22.6. The maximum Gasteiger partial charge on any atom is 0.302 e. The van der Waals surface area contributed by atoms with Gasteiger partial charge in [0, 0.05) is 19.3 Å². The van der Waals surface area contributed by atoms with Crippen LogP contribution in [0.2, 0.25) is 0 Å². The SMILES string of the molecule is CC.CC[C@]12CCC3C(CC=C4C[C@@H](OC(C)=O)CC[C@@]43C)C1CC[C@@H]2C(C)=O. The molecule has 4 aliphatic carbocycles. The average Bonchev–Trinajstić information content (AvgIpc) is 3.10. The summed E-state index contributed by atoms with van der Waals surface area (Å²) in [5.74, 6) is 2.78. The van der Waals surface area contributed by atoms with Crippen molar-refractivity contribution in [1.29, 1.82) is 0 Å². The molecule has 4 rings (SSSR count). The molecule has 3 nitrogen and oxygen atoms in total. The third kappa shape index (κ3) is 3.61. The number of fused-ring (bicyclic) bond motifs is 5. The fraction of sp³-hybridized carbons (Fsp3) is 0.846. The van der Waals surface area contributed by atoms with Gasteiger partial charge in [0.2, 0.25) is 0 Å². The monoisotopic (exact) mass is 402 g/mol. The van der Waals surface area contributed by atoms with Gasteiger partial charge in [-0.15, -0.1) is 0 Å². The number of allylic oxidation sites excluding steroid dienone is 1. The Morgan fingerprint density at radius 2 is 1.79 bits per heavy atom. The summed E-state index contributed by atoms with van der Waals surface area (Å²) in [5.41, 5.74) is 2.09. The summed E-state index contributed by atoms with van der Waals surface area (Å²) in [5, 5.41) is 0. The molecule has 3 saturated carbocycles. The number of esters is 1. The zero-order valence-corrected chi connectivity index (χ0v) is 19.6. The molecule has 3 fully saturated rings. The second kappa shape index (κ2) is 8.55. The molecule has 4 aliphatic rings. The molecule has 0 bridgehead atoms. The van der Waals surface area contributed by atoms with Gasteiger partial charge in [0.25, 0.3) is 0 Å². The predicted molar refractivity (Wildman–Crippen MR) is 117 cm³/mol. The molecule has 164 valence electrons. The van der Waals surface area contributed by atoms with Gasteiger partial charge in [-0.05, 0) is 86.9 Å². The van der Waals surface area contributed by atoms with Crippen LogP contribution in [0.1, 0.15) is 99.3 Å². The summed E-state index contributed by atoms with van der Waals surface area (Å²) in [6.45, 7) is 12.2. The van der Waals surface area contributed by atoms with Gasteiger partial charge < -0.3 is 4.74 Å². The van der Waals surface area contributed by atoms with E-state index in [4.69, 9.17) is 4.74 Å². The van der Waals surface area contributed by atoms with Crippen LogP contribution in [0.3, 0.4) is 0 Å². The van der Waals surface area contributed by atoms with Crippen molar-refractivity contribution >= 4 is 11.8 Å². The molecule has 7 atom stereocenters. The molecular weight excluding hydrogens is 360 g/mol. The smallest absolute Gasteiger partial charge is 0.302 e. The highest BCUT2D eigenvalue weighted by Crippen LogP contribution is 2.67. The van der Waals surface area contributed by atoms with E-state index in [1.54, 1.807) is 5.57 Å². The first-order valence-corrected chi connectivity index (χ1v) is 12.2. The maximum atomic E-state index is 12.4. The van der Waals surface area contributed by atoms with Gasteiger partial charge in [-0.3, -0.25) is 9.59 Å². The van der Waals surface area contributed by atoms with Crippen LogP contribution in [0.5, 0.6) is 0 Å². The number of ether oxygens (including phenoxy) is 1. The standard InChI is InChI=1S/C24H36O3.C2H6/c1-5-24-13-11-21-19(22(24)9-8-20(24)15(2)25)7-6-17-14-18(27-16(3)26)10-12-23(17,21)4;1-2/h6,18-22H,5,7-14H2,1-4H3;1-2H3/t18-,19?,20+,21?,22?,23-,24+;/m0./s1. The van der Waals surface area contributed by atoms with Gasteiger partial charge in [0.05, 0.1) is 0 Å². The molecule has 3 unspecified atom stereocenters. The zero-order chi connectivity index (χ0) is 21.4. The quantitative estimate of drug-likeness (QED) is 0.399. The van der Waals surface area contributed by atoms with Crippen molar-refractivity contribution in [3.63, 3.8) is 0 Å². The molecule has 0 spiro atoms. The first-order valence-electron chi connectivity index (χ1n) is 12.2. The normalized spacial score (nSPS) is 43.0. The lowest BCUT2D eigenvalue weighted by Gasteiger charge is -2.58. The van der Waals surface area contributed by atoms with E-state index in [-0.39, 0.29) is 22.9 Å². The fourth-order valence-corrected chi connectivity index (χ4v) is 8.07. The van der Waals surface area contributed by atoms with Crippen LogP contribution in [-0.4, -0.2) is 17.9 Å². The molecule has 3 heteroatoms. The Balaban J connectivity index is 0.00000117. The van der Waals surface area contributed by atoms with Crippen molar-refractivity contribution in [3.8, 4) is 0 Å². The van der Waals surface area contributed by atoms with Gasteiger partial charge in [0.15, 0.2) is 0 Å². The Morgan fingerprint density at radius 1 is 1.07 bits per heavy atom. The Kier molecular flexibility index (Phi) is 6.65. The number of ketones is 1. The summed E-state index contributed by atoms with van der Waals surface area (Å²) < 4.78 is 5.55. The van der Waals surface area contributed by atoms with Crippen molar-refractivity contribution in [3.05, 3.63) is 11.6 Å². The van der Waals surface area contributed by atoms with E-state index in [0.717, 1.165) is 49.9 Å². The van der Waals surface area contributed by atoms with Gasteiger partial charge in [0.1, 0.15) is 11.9 Å². The van der Waals surface area contributed by atoms with Crippen molar-refractivity contribution in [2.45, 2.75) is 105 Å². The Labute approximate surface area is 178 Å². The second-order valence-corrected chi connectivity index (χ2v) is 10.1. The van der Waals surface area contributed by atoms with Crippen molar-refractivity contribution in [2.24, 2.45) is 34.5 Å². The van der Waals surface area contributed by atoms with Gasteiger partial charge >= 0.3 is 5.97 Å². The topological polar surface area (TPSA) is 43.4 Å². The van der Waals surface area contributed by atoms with Gasteiger partial charge in [-0.1, -0.05) is 39.3 Å². The van der Waals surface area contributed by atoms with Crippen LogP contribution in [0.4, 0.5) is 0 Å². The summed E-state index contributed by atoms with van der Waals surface area (Å²) >= 11 is 0. The Hall–Kier alpha value is -1.12. The average molecular weight is 403 g/mol. The summed E-state index contributed by atoms with van der Waals surface area (Å²) in [4.78, 5) is 23.8. The number of hydrogen-bond donors (Lipinski definition) is 0. The zero-order valence-electron chi connectivity index (χ0n) is 19.6. The molecule has 0 aromatic carbocycles. The largest absolute Gasteiger partial charge is 0.462 e. The van der Waals surface area contributed by atoms with Crippen LogP contribution in [0.25, 0.3) is 0 Å². The lowest BCUT2D eigenvalue weighted by Crippen LogP contribution is -2.51. The van der Waals surface area contributed by atoms with Crippen molar-refractivity contribution < 1.29 is 14.3 Å². The van der Waals surface area contributed by atoms with Crippen molar-refractivity contribution in [2.75, 3.05) is 0 Å².